The minimum absolute atomic E-state index is 0.155. The minimum atomic E-state index is -0.320. The van der Waals surface area contributed by atoms with Crippen LogP contribution in [-0.4, -0.2) is 23.0 Å². The van der Waals surface area contributed by atoms with E-state index in [4.69, 9.17) is 0 Å². The highest BCUT2D eigenvalue weighted by Gasteiger charge is 2.21. The second-order valence-corrected chi connectivity index (χ2v) is 5.01. The summed E-state index contributed by atoms with van der Waals surface area (Å²) in [6.07, 6.45) is 1.58. The summed E-state index contributed by atoms with van der Waals surface area (Å²) in [4.78, 5) is 15.0. The highest BCUT2D eigenvalue weighted by molar-refractivity contribution is 7.16. The largest absolute Gasteiger partial charge is 0.317 e. The summed E-state index contributed by atoms with van der Waals surface area (Å²) >= 11 is 1.43. The van der Waals surface area contributed by atoms with Gasteiger partial charge in [0.05, 0.1) is 15.1 Å². The predicted octanol–water partition coefficient (Wildman–Crippen LogP) is 2.75. The van der Waals surface area contributed by atoms with Crippen molar-refractivity contribution in [2.75, 3.05) is 7.05 Å². The van der Waals surface area contributed by atoms with E-state index in [0.29, 0.717) is 11.9 Å². The first-order valence-corrected chi connectivity index (χ1v) is 6.72. The Morgan fingerprint density at radius 2 is 2.33 bits per heavy atom. The van der Waals surface area contributed by atoms with Crippen LogP contribution in [0.1, 0.15) is 18.9 Å². The number of aromatic nitrogens is 1. The molecule has 0 fully saturated rings. The van der Waals surface area contributed by atoms with E-state index >= 15 is 0 Å². The van der Waals surface area contributed by atoms with E-state index in [1.807, 2.05) is 19.2 Å². The molecule has 96 valence electrons. The van der Waals surface area contributed by atoms with E-state index < -0.39 is 0 Å². The van der Waals surface area contributed by atoms with Crippen LogP contribution in [0.4, 0.5) is 5.69 Å². The Kier molecular flexibility index (Phi) is 3.88. The van der Waals surface area contributed by atoms with Crippen LogP contribution in [0.2, 0.25) is 0 Å². The second kappa shape index (κ2) is 5.41. The Hall–Kier alpha value is -1.53. The Balaban J connectivity index is 2.49. The van der Waals surface area contributed by atoms with Crippen molar-refractivity contribution in [3.8, 4) is 0 Å². The number of nitrogens with zero attached hydrogens (tertiary/aromatic N) is 2. The first kappa shape index (κ1) is 12.9. The smallest absolute Gasteiger partial charge is 0.299 e. The van der Waals surface area contributed by atoms with Gasteiger partial charge in [-0.1, -0.05) is 13.0 Å². The molecule has 0 radical (unpaired) electrons. The normalized spacial score (nSPS) is 12.8. The summed E-state index contributed by atoms with van der Waals surface area (Å²) in [7, 11) is 1.88. The average Bonchev–Trinajstić information content (AvgIpc) is 2.82. The van der Waals surface area contributed by atoms with Crippen molar-refractivity contribution in [2.24, 2.45) is 0 Å². The van der Waals surface area contributed by atoms with Gasteiger partial charge in [0.2, 0.25) is 0 Å². The van der Waals surface area contributed by atoms with Crippen LogP contribution >= 0.6 is 11.3 Å². The van der Waals surface area contributed by atoms with E-state index in [2.05, 4.69) is 17.2 Å². The maximum Gasteiger partial charge on any atom is 0.299 e. The Labute approximate surface area is 109 Å². The molecule has 1 N–H and O–H groups in total. The molecule has 5 nitrogen and oxygen atoms in total. The van der Waals surface area contributed by atoms with Crippen LogP contribution in [0.15, 0.2) is 17.6 Å². The number of rotatable bonds is 5. The van der Waals surface area contributed by atoms with Gasteiger partial charge in [0, 0.05) is 11.6 Å². The maximum absolute atomic E-state index is 11.2. The zero-order valence-corrected chi connectivity index (χ0v) is 11.2. The summed E-state index contributed by atoms with van der Waals surface area (Å²) in [5.74, 6) is 0. The molecule has 0 aliphatic rings. The number of likely N-dealkylation sites (N-methyl/N-ethyl adjacent to an activating group) is 1. The number of hydrogen-bond acceptors (Lipinski definition) is 5. The SMILES string of the molecule is CCC(Cc1ccc2scnc2c1[N+](=O)[O-])NC. The van der Waals surface area contributed by atoms with Gasteiger partial charge in [-0.05, 0) is 26.0 Å². The highest BCUT2D eigenvalue weighted by Crippen LogP contribution is 2.31. The minimum Gasteiger partial charge on any atom is -0.317 e. The van der Waals surface area contributed by atoms with Gasteiger partial charge < -0.3 is 5.32 Å². The van der Waals surface area contributed by atoms with Crippen LogP contribution in [0.3, 0.4) is 0 Å². The van der Waals surface area contributed by atoms with Gasteiger partial charge in [-0.15, -0.1) is 11.3 Å². The lowest BCUT2D eigenvalue weighted by molar-refractivity contribution is -0.383. The lowest BCUT2D eigenvalue weighted by atomic mass is 10.0. The number of fused-ring (bicyclic) bond motifs is 1. The maximum atomic E-state index is 11.2. The Morgan fingerprint density at radius 1 is 1.56 bits per heavy atom. The fourth-order valence-corrected chi connectivity index (χ4v) is 2.72. The van der Waals surface area contributed by atoms with Crippen molar-refractivity contribution in [3.05, 3.63) is 33.3 Å². The average molecular weight is 265 g/mol. The molecule has 6 heteroatoms. The number of thiazole rings is 1. The van der Waals surface area contributed by atoms with Crippen molar-refractivity contribution in [1.29, 1.82) is 0 Å². The van der Waals surface area contributed by atoms with Crippen molar-refractivity contribution in [2.45, 2.75) is 25.8 Å². The molecular formula is C12H15N3O2S. The molecule has 0 bridgehead atoms. The lowest BCUT2D eigenvalue weighted by Gasteiger charge is -2.13. The molecular weight excluding hydrogens is 250 g/mol. The van der Waals surface area contributed by atoms with Crippen molar-refractivity contribution < 1.29 is 4.92 Å². The molecule has 1 unspecified atom stereocenters. The number of hydrogen-bond donors (Lipinski definition) is 1. The summed E-state index contributed by atoms with van der Waals surface area (Å²) < 4.78 is 0.864. The summed E-state index contributed by atoms with van der Waals surface area (Å²) in [6, 6.07) is 4.01. The Morgan fingerprint density at radius 3 is 2.94 bits per heavy atom. The van der Waals surface area contributed by atoms with Gasteiger partial charge in [-0.25, -0.2) is 4.98 Å². The predicted molar refractivity (Wildman–Crippen MR) is 73.1 cm³/mol. The number of nitro benzene ring substituents is 1. The van der Waals surface area contributed by atoms with Gasteiger partial charge >= 0.3 is 0 Å². The monoisotopic (exact) mass is 265 g/mol. The molecule has 2 rings (SSSR count). The zero-order valence-electron chi connectivity index (χ0n) is 10.3. The molecule has 1 heterocycles. The van der Waals surface area contributed by atoms with Gasteiger partial charge in [-0.2, -0.15) is 0 Å². The molecule has 0 amide bonds. The van der Waals surface area contributed by atoms with E-state index in [9.17, 15) is 10.1 Å². The van der Waals surface area contributed by atoms with Gasteiger partial charge in [0.15, 0.2) is 5.52 Å². The number of benzene rings is 1. The third-order valence-corrected chi connectivity index (χ3v) is 3.90. The molecule has 1 atom stereocenters. The molecule has 0 saturated heterocycles. The summed E-state index contributed by atoms with van der Waals surface area (Å²) in [6.45, 7) is 2.06. The van der Waals surface area contributed by atoms with E-state index in [0.717, 1.165) is 16.7 Å². The van der Waals surface area contributed by atoms with Gasteiger partial charge in [0.25, 0.3) is 5.69 Å². The lowest BCUT2D eigenvalue weighted by Crippen LogP contribution is -2.26. The highest BCUT2D eigenvalue weighted by atomic mass is 32.1. The van der Waals surface area contributed by atoms with Gasteiger partial charge in [0.1, 0.15) is 0 Å². The van der Waals surface area contributed by atoms with Crippen molar-refractivity contribution in [3.63, 3.8) is 0 Å². The quantitative estimate of drug-likeness (QED) is 0.666. The van der Waals surface area contributed by atoms with Crippen LogP contribution in [-0.2, 0) is 6.42 Å². The summed E-state index contributed by atoms with van der Waals surface area (Å²) in [5, 5.41) is 14.4. The molecule has 1 aromatic carbocycles. The number of nitro groups is 1. The van der Waals surface area contributed by atoms with Crippen LogP contribution in [0.5, 0.6) is 0 Å². The molecule has 2 aromatic rings. The van der Waals surface area contributed by atoms with E-state index in [-0.39, 0.29) is 16.7 Å². The first-order chi connectivity index (χ1) is 8.67. The third-order valence-electron chi connectivity index (χ3n) is 3.11. The summed E-state index contributed by atoms with van der Waals surface area (Å²) in [5.41, 5.74) is 3.06. The van der Waals surface area contributed by atoms with E-state index in [1.165, 1.54) is 11.3 Å². The standard InChI is InChI=1S/C12H15N3O2S/c1-3-9(13-2)6-8-4-5-10-11(14-7-18-10)12(8)15(16)17/h4-5,7,9,13H,3,6H2,1-2H3. The first-order valence-electron chi connectivity index (χ1n) is 5.84. The second-order valence-electron chi connectivity index (χ2n) is 4.13. The number of nitrogens with one attached hydrogen (secondary N) is 1. The van der Waals surface area contributed by atoms with Crippen molar-refractivity contribution in [1.82, 2.24) is 10.3 Å². The van der Waals surface area contributed by atoms with Gasteiger partial charge in [-0.3, -0.25) is 10.1 Å². The Bertz CT molecular complexity index is 563. The fraction of sp³-hybridized carbons (Fsp3) is 0.417. The third kappa shape index (κ3) is 2.34. The zero-order chi connectivity index (χ0) is 13.1. The van der Waals surface area contributed by atoms with Crippen LogP contribution in [0.25, 0.3) is 10.2 Å². The molecule has 0 saturated carbocycles. The van der Waals surface area contributed by atoms with E-state index in [1.54, 1.807) is 5.51 Å². The molecule has 0 spiro atoms. The molecule has 0 aliphatic heterocycles. The van der Waals surface area contributed by atoms with Crippen LogP contribution < -0.4 is 5.32 Å². The van der Waals surface area contributed by atoms with Crippen molar-refractivity contribution >= 4 is 27.2 Å². The molecule has 18 heavy (non-hydrogen) atoms. The topological polar surface area (TPSA) is 68.1 Å². The molecule has 1 aromatic heterocycles. The van der Waals surface area contributed by atoms with Crippen LogP contribution in [0, 0.1) is 10.1 Å². The molecule has 0 aliphatic carbocycles. The fourth-order valence-electron chi connectivity index (χ4n) is 2.04.